The second-order valence-corrected chi connectivity index (χ2v) is 13.5. The van der Waals surface area contributed by atoms with E-state index in [2.05, 4.69) is 37.7 Å². The quantitative estimate of drug-likeness (QED) is 0.166. The molecule has 0 unspecified atom stereocenters. The van der Waals surface area contributed by atoms with Gasteiger partial charge in [-0.25, -0.2) is 28.2 Å². The number of nitrogens with one attached hydrogen (secondary N) is 2. The van der Waals surface area contributed by atoms with Gasteiger partial charge in [-0.15, -0.1) is 0 Å². The van der Waals surface area contributed by atoms with Crippen molar-refractivity contribution in [3.63, 3.8) is 0 Å². The molecule has 0 saturated carbocycles. The number of fused-ring (bicyclic) bond motifs is 2. The van der Waals surface area contributed by atoms with Crippen LogP contribution in [0.3, 0.4) is 0 Å². The molecule has 232 valence electrons. The Balaban J connectivity index is 1.24. The number of pyridine rings is 2. The van der Waals surface area contributed by atoms with E-state index in [9.17, 15) is 18.3 Å². The third-order valence-corrected chi connectivity index (χ3v) is 8.68. The lowest BCUT2D eigenvalue weighted by Gasteiger charge is -2.24. The monoisotopic (exact) mass is 617 g/mol. The number of carboxylic acids is 1. The average molecular weight is 618 g/mol. The van der Waals surface area contributed by atoms with Gasteiger partial charge in [0.05, 0.1) is 11.3 Å². The van der Waals surface area contributed by atoms with Crippen LogP contribution in [0.1, 0.15) is 36.9 Å². The van der Waals surface area contributed by atoms with Crippen LogP contribution >= 0.6 is 0 Å². The molecule has 0 fully saturated rings. The molecule has 0 spiro atoms. The van der Waals surface area contributed by atoms with E-state index in [0.717, 1.165) is 55.7 Å². The Hall–Kier alpha value is -4.16. The van der Waals surface area contributed by atoms with Gasteiger partial charge in [0.25, 0.3) is 0 Å². The Morgan fingerprint density at radius 2 is 1.91 bits per heavy atom. The lowest BCUT2D eigenvalue weighted by molar-refractivity contribution is -0.138. The molecule has 1 atom stereocenters. The van der Waals surface area contributed by atoms with Crippen LogP contribution in [0.5, 0.6) is 0 Å². The van der Waals surface area contributed by atoms with E-state index in [1.807, 2.05) is 35.2 Å². The molecule has 0 saturated heterocycles. The van der Waals surface area contributed by atoms with Gasteiger partial charge in [-0.1, -0.05) is 18.2 Å². The van der Waals surface area contributed by atoms with Crippen molar-refractivity contribution in [2.45, 2.75) is 44.6 Å². The molecule has 1 aliphatic heterocycles. The van der Waals surface area contributed by atoms with Gasteiger partial charge >= 0.3 is 5.97 Å². The third kappa shape index (κ3) is 8.70. The van der Waals surface area contributed by atoms with E-state index >= 15 is 0 Å². The molecular weight excluding hydrogens is 578 g/mol. The van der Waals surface area contributed by atoms with E-state index in [-0.39, 0.29) is 12.2 Å². The van der Waals surface area contributed by atoms with Crippen LogP contribution in [-0.2, 0) is 27.5 Å². The molecule has 12 heteroatoms. The van der Waals surface area contributed by atoms with E-state index in [1.165, 1.54) is 11.8 Å². The number of anilines is 2. The predicted molar refractivity (Wildman–Crippen MR) is 173 cm³/mol. The standard InChI is InChI=1S/C32H39N7O4S/c1-44(42,43)21-20-39(18-5-4-10-25-14-13-23-8-7-17-34-29(23)35-25)19-15-28(32(40)41)37-31-26-11-2-3-12-27(26)36-30(38-31)24-9-6-16-33-22-24/h2-3,6,9,11-14,16,22,28H,4-5,7-8,10,15,17-21H2,1H3,(H,34,35)(H,40,41)(H,36,37,38)/t28-/m0/s1. The summed E-state index contributed by atoms with van der Waals surface area (Å²) in [5.41, 5.74) is 3.71. The number of unbranched alkanes of at least 4 members (excludes halogenated alkanes) is 1. The summed E-state index contributed by atoms with van der Waals surface area (Å²) in [5.74, 6) is 0.867. The largest absolute Gasteiger partial charge is 0.480 e. The number of carboxylic acid groups (broad SMARTS) is 1. The number of sulfone groups is 1. The molecule has 0 bridgehead atoms. The van der Waals surface area contributed by atoms with Crippen LogP contribution in [0.2, 0.25) is 0 Å². The summed E-state index contributed by atoms with van der Waals surface area (Å²) in [6.45, 7) is 2.36. The van der Waals surface area contributed by atoms with Gasteiger partial charge < -0.3 is 20.6 Å². The second-order valence-electron chi connectivity index (χ2n) is 11.2. The molecule has 3 N–H and O–H groups in total. The highest BCUT2D eigenvalue weighted by molar-refractivity contribution is 7.90. The summed E-state index contributed by atoms with van der Waals surface area (Å²) in [5, 5.41) is 17.4. The summed E-state index contributed by atoms with van der Waals surface area (Å²) >= 11 is 0. The predicted octanol–water partition coefficient (Wildman–Crippen LogP) is 4.07. The van der Waals surface area contributed by atoms with Crippen LogP contribution < -0.4 is 10.6 Å². The Bertz CT molecular complexity index is 1690. The first kappa shape index (κ1) is 31.3. The van der Waals surface area contributed by atoms with Gasteiger partial charge in [0.1, 0.15) is 27.5 Å². The first-order valence-corrected chi connectivity index (χ1v) is 17.1. The first-order valence-electron chi connectivity index (χ1n) is 15.0. The van der Waals surface area contributed by atoms with Crippen molar-refractivity contribution < 1.29 is 18.3 Å². The van der Waals surface area contributed by atoms with Crippen molar-refractivity contribution in [3.05, 3.63) is 72.2 Å². The molecule has 11 nitrogen and oxygen atoms in total. The Kier molecular flexibility index (Phi) is 10.3. The van der Waals surface area contributed by atoms with Crippen molar-refractivity contribution in [3.8, 4) is 11.4 Å². The van der Waals surface area contributed by atoms with Crippen molar-refractivity contribution in [1.82, 2.24) is 24.8 Å². The van der Waals surface area contributed by atoms with Crippen molar-refractivity contribution in [2.24, 2.45) is 0 Å². The lowest BCUT2D eigenvalue weighted by atomic mass is 10.1. The average Bonchev–Trinajstić information content (AvgIpc) is 3.02. The summed E-state index contributed by atoms with van der Waals surface area (Å²) < 4.78 is 23.9. The zero-order valence-electron chi connectivity index (χ0n) is 24.9. The van der Waals surface area contributed by atoms with Gasteiger partial charge in [-0.2, -0.15) is 0 Å². The highest BCUT2D eigenvalue weighted by Gasteiger charge is 2.22. The fraction of sp³-hybridized carbons (Fsp3) is 0.406. The maximum absolute atomic E-state index is 12.4. The number of nitrogens with zero attached hydrogens (tertiary/aromatic N) is 5. The molecule has 3 aromatic heterocycles. The number of carbonyl (C=O) groups is 1. The maximum Gasteiger partial charge on any atom is 0.326 e. The molecule has 0 amide bonds. The van der Waals surface area contributed by atoms with E-state index in [0.29, 0.717) is 42.2 Å². The van der Waals surface area contributed by atoms with E-state index in [1.54, 1.807) is 18.5 Å². The second kappa shape index (κ2) is 14.5. The van der Waals surface area contributed by atoms with Gasteiger partial charge in [0.2, 0.25) is 0 Å². The number of para-hydroxylation sites is 1. The number of rotatable bonds is 15. The molecule has 44 heavy (non-hydrogen) atoms. The molecule has 1 aliphatic rings. The fourth-order valence-electron chi connectivity index (χ4n) is 5.32. The Morgan fingerprint density at radius 3 is 2.70 bits per heavy atom. The van der Waals surface area contributed by atoms with Crippen LogP contribution in [0, 0.1) is 0 Å². The highest BCUT2D eigenvalue weighted by Crippen LogP contribution is 2.26. The summed E-state index contributed by atoms with van der Waals surface area (Å²) in [6.07, 6.45) is 9.56. The Labute approximate surface area is 258 Å². The van der Waals surface area contributed by atoms with Crippen LogP contribution in [0.15, 0.2) is 60.9 Å². The topological polar surface area (TPSA) is 150 Å². The number of aromatic nitrogens is 4. The number of aryl methyl sites for hydroxylation is 2. The van der Waals surface area contributed by atoms with Crippen molar-refractivity contribution in [2.75, 3.05) is 48.8 Å². The van der Waals surface area contributed by atoms with Gasteiger partial charge in [-0.05, 0) is 81.0 Å². The fourth-order valence-corrected chi connectivity index (χ4v) is 5.91. The van der Waals surface area contributed by atoms with Gasteiger partial charge in [0.15, 0.2) is 5.82 Å². The zero-order valence-corrected chi connectivity index (χ0v) is 25.8. The molecule has 5 rings (SSSR count). The Morgan fingerprint density at radius 1 is 1.05 bits per heavy atom. The van der Waals surface area contributed by atoms with Gasteiger partial charge in [0, 0.05) is 54.9 Å². The van der Waals surface area contributed by atoms with Gasteiger partial charge in [-0.3, -0.25) is 4.98 Å². The van der Waals surface area contributed by atoms with Crippen LogP contribution in [0.25, 0.3) is 22.3 Å². The molecule has 1 aromatic carbocycles. The van der Waals surface area contributed by atoms with Crippen LogP contribution in [-0.4, -0.2) is 88.6 Å². The number of hydrogen-bond donors (Lipinski definition) is 3. The minimum Gasteiger partial charge on any atom is -0.480 e. The summed E-state index contributed by atoms with van der Waals surface area (Å²) in [7, 11) is -3.17. The summed E-state index contributed by atoms with van der Waals surface area (Å²) in [6, 6.07) is 14.4. The summed E-state index contributed by atoms with van der Waals surface area (Å²) in [4.78, 5) is 32.7. The van der Waals surface area contributed by atoms with Crippen molar-refractivity contribution in [1.29, 1.82) is 0 Å². The number of aliphatic carboxylic acids is 1. The molecule has 0 radical (unpaired) electrons. The molecule has 4 heterocycles. The number of benzene rings is 1. The normalized spacial score (nSPS) is 13.8. The highest BCUT2D eigenvalue weighted by atomic mass is 32.2. The molecule has 4 aromatic rings. The molecular formula is C32H39N7O4S. The van der Waals surface area contributed by atoms with E-state index in [4.69, 9.17) is 4.98 Å². The number of hydrogen-bond acceptors (Lipinski definition) is 10. The van der Waals surface area contributed by atoms with Crippen LogP contribution in [0.4, 0.5) is 11.6 Å². The molecule has 0 aliphatic carbocycles. The minimum atomic E-state index is -3.17. The third-order valence-electron chi connectivity index (χ3n) is 7.75. The zero-order chi connectivity index (χ0) is 30.9. The maximum atomic E-state index is 12.4. The smallest absolute Gasteiger partial charge is 0.326 e. The SMILES string of the molecule is CS(=O)(=O)CCN(CCCCc1ccc2c(n1)NCCC2)CC[C@H](Nc1nc(-c2cccnc2)nc2ccccc12)C(=O)O. The van der Waals surface area contributed by atoms with Crippen molar-refractivity contribution >= 4 is 38.3 Å². The minimum absolute atomic E-state index is 0.0151. The van der Waals surface area contributed by atoms with E-state index < -0.39 is 21.8 Å². The lowest BCUT2D eigenvalue weighted by Crippen LogP contribution is -2.37. The first-order chi connectivity index (χ1) is 21.2.